The molecule has 0 aliphatic heterocycles. The van der Waals surface area contributed by atoms with Crippen molar-refractivity contribution in [1.29, 1.82) is 0 Å². The van der Waals surface area contributed by atoms with Crippen LogP contribution in [0.5, 0.6) is 0 Å². The molecule has 2 fully saturated rings. The molecule has 396 valence electrons. The van der Waals surface area contributed by atoms with Crippen molar-refractivity contribution in [2.45, 2.75) is 140 Å². The summed E-state index contributed by atoms with van der Waals surface area (Å²) in [4.78, 5) is 71.0. The van der Waals surface area contributed by atoms with E-state index in [9.17, 15) is 39.0 Å². The van der Waals surface area contributed by atoms with Gasteiger partial charge in [-0.2, -0.15) is 0 Å². The van der Waals surface area contributed by atoms with Gasteiger partial charge in [-0.05, 0) is 167 Å². The number of hydrogen-bond donors (Lipinski definition) is 9. The average Bonchev–Trinajstić information content (AvgIpc) is 3.27. The Morgan fingerprint density at radius 1 is 0.616 bits per heavy atom. The van der Waals surface area contributed by atoms with Crippen LogP contribution in [-0.2, 0) is 28.5 Å². The van der Waals surface area contributed by atoms with Crippen LogP contribution in [0.1, 0.15) is 127 Å². The van der Waals surface area contributed by atoms with Gasteiger partial charge < -0.3 is 66.2 Å². The minimum atomic E-state index is -1.22. The normalized spacial score (nSPS) is 19.4. The Kier molecular flexibility index (Phi) is 22.6. The maximum atomic E-state index is 12.8. The molecule has 0 heterocycles. The summed E-state index contributed by atoms with van der Waals surface area (Å²) >= 11 is 0. The number of carboxylic acids is 1. The molecule has 0 spiro atoms. The molecule has 2 saturated carbocycles. The minimum Gasteiger partial charge on any atom is -0.478 e. The number of nitrogens with two attached hydrogens (primary N) is 1. The first kappa shape index (κ1) is 62.0. The first-order valence-electron chi connectivity index (χ1n) is 23.1. The van der Waals surface area contributed by atoms with Crippen LogP contribution in [0.25, 0.3) is 0 Å². The van der Waals surface area contributed by atoms with Crippen molar-refractivity contribution in [2.75, 3.05) is 27.4 Å². The van der Waals surface area contributed by atoms with Gasteiger partial charge in [0.05, 0.1) is 55.3 Å². The lowest BCUT2D eigenvalue weighted by atomic mass is 9.72. The molecular weight excluding hydrogens is 945 g/mol. The van der Waals surface area contributed by atoms with Gasteiger partial charge in [0.15, 0.2) is 0 Å². The third kappa shape index (κ3) is 21.7. The molecular formula is C54H70N4O15. The van der Waals surface area contributed by atoms with Crippen molar-refractivity contribution < 1.29 is 73.2 Å². The Morgan fingerprint density at radius 3 is 1.33 bits per heavy atom. The summed E-state index contributed by atoms with van der Waals surface area (Å²) in [7, 11) is 2.44. The van der Waals surface area contributed by atoms with Gasteiger partial charge in [-0.15, -0.1) is 0 Å². The zero-order valence-electron chi connectivity index (χ0n) is 43.6. The number of carbonyl (C=O) groups excluding carboxylic acids is 5. The third-order valence-corrected chi connectivity index (χ3v) is 10.8. The second-order valence-corrected chi connectivity index (χ2v) is 20.6. The van der Waals surface area contributed by atoms with Crippen molar-refractivity contribution in [2.24, 2.45) is 17.6 Å². The Morgan fingerprint density at radius 2 is 0.986 bits per heavy atom. The van der Waals surface area contributed by atoms with Crippen molar-refractivity contribution >= 4 is 36.0 Å². The van der Waals surface area contributed by atoms with E-state index < -0.39 is 81.6 Å². The van der Waals surface area contributed by atoms with Crippen molar-refractivity contribution in [3.63, 3.8) is 0 Å². The summed E-state index contributed by atoms with van der Waals surface area (Å²) in [5, 5.41) is 53.8. The molecule has 2 atom stereocenters. The van der Waals surface area contributed by atoms with Crippen LogP contribution >= 0.6 is 0 Å². The topological polar surface area (TPSA) is 303 Å². The molecule has 2 aliphatic rings. The van der Waals surface area contributed by atoms with E-state index in [1.54, 1.807) is 106 Å². The number of rotatable bonds is 11. The SMILES string of the molecule is COC(=O)[C@@H](N)C(C)(C)NC(=O)OC(C)(C)C.COC(=O)[C@@H](NC(=O)c1ccc(C#CC#CC2CC(O)(CO)C2)cc1)C(C)(C)NC(=O)OC(C)(C)C.O=C(O)c1ccc(C#CC#CC2CC(O)(CO)C2)cc1. The average molecular weight is 1020 g/mol. The van der Waals surface area contributed by atoms with Gasteiger partial charge in [-0.25, -0.2) is 19.2 Å². The molecule has 3 amide bonds. The van der Waals surface area contributed by atoms with Gasteiger partial charge >= 0.3 is 30.1 Å². The van der Waals surface area contributed by atoms with E-state index >= 15 is 0 Å². The second kappa shape index (κ2) is 26.6. The van der Waals surface area contributed by atoms with Gasteiger partial charge in [0.2, 0.25) is 0 Å². The molecule has 2 aliphatic carbocycles. The Hall–Kier alpha value is -7.10. The molecule has 4 rings (SSSR count). The molecule has 10 N–H and O–H groups in total. The summed E-state index contributed by atoms with van der Waals surface area (Å²) < 4.78 is 19.7. The number of aliphatic hydroxyl groups excluding tert-OH is 2. The first-order valence-corrected chi connectivity index (χ1v) is 23.1. The highest BCUT2D eigenvalue weighted by atomic mass is 16.6. The Balaban J connectivity index is 0.000000415. The lowest BCUT2D eigenvalue weighted by molar-refractivity contribution is -0.145. The fraction of sp³-hybridized carbons (Fsp3) is 0.519. The number of ether oxygens (including phenoxy) is 4. The highest BCUT2D eigenvalue weighted by molar-refractivity contribution is 5.97. The minimum absolute atomic E-state index is 0.0133. The Bertz CT molecular complexity index is 2520. The number of benzene rings is 2. The predicted octanol–water partition coefficient (Wildman–Crippen LogP) is 3.41. The van der Waals surface area contributed by atoms with E-state index in [0.29, 0.717) is 36.8 Å². The summed E-state index contributed by atoms with van der Waals surface area (Å²) in [6, 6.07) is 10.5. The van der Waals surface area contributed by atoms with E-state index in [4.69, 9.17) is 35.3 Å². The van der Waals surface area contributed by atoms with Gasteiger partial charge in [0, 0.05) is 28.5 Å². The standard InChI is InChI=1S/C27H34N2O7.C16H14O4.C11H22N2O4/c1-25(2,3)36-24(33)29-26(4,5)21(23(32)35-6)28-22(31)20-13-11-18(12-14-20)9-7-8-10-19-15-27(34,16-19)17-30;17-11-16(20)9-13(10-16)4-2-1-3-12-5-7-14(8-6-12)15(18)19;1-10(2,3)17-9(15)13-11(4,5)7(12)8(14)16-6/h11-14,19,21,30,34H,15-17H2,1-6H3,(H,28,31)(H,29,33);5-8,13,17,20H,9-11H2,(H,18,19);7H,12H2,1-6H3,(H,13,15)/t19?,21-,27?;;7-/m1.1/s1. The fourth-order valence-electron chi connectivity index (χ4n) is 6.63. The number of carboxylic acid groups (broad SMARTS) is 1. The van der Waals surface area contributed by atoms with Gasteiger partial charge in [0.25, 0.3) is 5.91 Å². The summed E-state index contributed by atoms with van der Waals surface area (Å²) in [5.74, 6) is 19.7. The first-order chi connectivity index (χ1) is 33.7. The summed E-state index contributed by atoms with van der Waals surface area (Å²) in [5.41, 5.74) is 2.03. The smallest absolute Gasteiger partial charge is 0.408 e. The van der Waals surface area contributed by atoms with Crippen LogP contribution in [0.15, 0.2) is 48.5 Å². The van der Waals surface area contributed by atoms with Crippen molar-refractivity contribution in [1.82, 2.24) is 16.0 Å². The maximum Gasteiger partial charge on any atom is 0.408 e. The Labute approximate surface area is 427 Å². The van der Waals surface area contributed by atoms with E-state index in [2.05, 4.69) is 68.1 Å². The number of hydrogen-bond acceptors (Lipinski definition) is 15. The van der Waals surface area contributed by atoms with Gasteiger partial charge in [-0.3, -0.25) is 9.59 Å². The van der Waals surface area contributed by atoms with E-state index in [1.807, 2.05) is 0 Å². The zero-order chi connectivity index (χ0) is 55.6. The number of carbonyl (C=O) groups is 6. The number of esters is 2. The fourth-order valence-corrected chi connectivity index (χ4v) is 6.63. The van der Waals surface area contributed by atoms with Crippen LogP contribution in [0, 0.1) is 59.2 Å². The molecule has 0 saturated heterocycles. The van der Waals surface area contributed by atoms with E-state index in [0.717, 1.165) is 0 Å². The quantitative estimate of drug-likeness (QED) is 0.0885. The molecule has 0 bridgehead atoms. The largest absolute Gasteiger partial charge is 0.478 e. The third-order valence-electron chi connectivity index (χ3n) is 10.8. The second-order valence-electron chi connectivity index (χ2n) is 20.6. The number of amides is 3. The molecule has 73 heavy (non-hydrogen) atoms. The van der Waals surface area contributed by atoms with Crippen molar-refractivity contribution in [3.8, 4) is 47.4 Å². The van der Waals surface area contributed by atoms with Crippen LogP contribution < -0.4 is 21.7 Å². The monoisotopic (exact) mass is 1010 g/mol. The molecule has 2 aromatic rings. The molecule has 2 aromatic carbocycles. The summed E-state index contributed by atoms with van der Waals surface area (Å²) in [6.45, 7) is 16.3. The van der Waals surface area contributed by atoms with Crippen LogP contribution in [0.3, 0.4) is 0 Å². The van der Waals surface area contributed by atoms with E-state index in [-0.39, 0.29) is 36.2 Å². The molecule has 0 unspecified atom stereocenters. The lowest BCUT2D eigenvalue weighted by Gasteiger charge is -2.39. The lowest BCUT2D eigenvalue weighted by Crippen LogP contribution is -2.62. The van der Waals surface area contributed by atoms with Crippen LogP contribution in [-0.4, -0.2) is 135 Å². The molecule has 19 nitrogen and oxygen atoms in total. The predicted molar refractivity (Wildman–Crippen MR) is 269 cm³/mol. The number of nitrogens with one attached hydrogen (secondary N) is 3. The van der Waals surface area contributed by atoms with E-state index in [1.165, 1.54) is 26.4 Å². The maximum absolute atomic E-state index is 12.8. The van der Waals surface area contributed by atoms with Crippen LogP contribution in [0.2, 0.25) is 0 Å². The molecule has 19 heteroatoms. The number of aromatic carboxylic acids is 1. The van der Waals surface area contributed by atoms with Gasteiger partial charge in [-0.1, -0.05) is 23.7 Å². The number of methoxy groups -OCH3 is 2. The molecule has 0 radical (unpaired) electrons. The van der Waals surface area contributed by atoms with Crippen molar-refractivity contribution in [3.05, 3.63) is 70.8 Å². The molecule has 0 aromatic heterocycles. The van der Waals surface area contributed by atoms with Crippen LogP contribution in [0.4, 0.5) is 9.59 Å². The van der Waals surface area contributed by atoms with Gasteiger partial charge in [0.1, 0.15) is 23.3 Å². The summed E-state index contributed by atoms with van der Waals surface area (Å²) in [6.07, 6.45) is 0.457. The number of aliphatic hydroxyl groups is 4. The highest BCUT2D eigenvalue weighted by Gasteiger charge is 2.43. The zero-order valence-corrected chi connectivity index (χ0v) is 43.6. The number of alkyl carbamates (subject to hydrolysis) is 2. The highest BCUT2D eigenvalue weighted by Crippen LogP contribution is 2.37.